The van der Waals surface area contributed by atoms with Crippen molar-refractivity contribution in [2.75, 3.05) is 18.9 Å². The van der Waals surface area contributed by atoms with Gasteiger partial charge >= 0.3 is 12.4 Å². The van der Waals surface area contributed by atoms with E-state index in [4.69, 9.17) is 20.4 Å². The maximum atomic E-state index is 13.2. The molecule has 0 spiro atoms. The van der Waals surface area contributed by atoms with Gasteiger partial charge in [0.25, 0.3) is 0 Å². The zero-order valence-electron chi connectivity index (χ0n) is 44.4. The molecular weight excluding hydrogens is 1050 g/mol. The lowest BCUT2D eigenvalue weighted by atomic mass is 9.87. The van der Waals surface area contributed by atoms with Gasteiger partial charge in [-0.25, -0.2) is 14.8 Å². The van der Waals surface area contributed by atoms with Crippen molar-refractivity contribution < 1.29 is 50.3 Å². The third-order valence-corrected chi connectivity index (χ3v) is 14.3. The Morgan fingerprint density at radius 2 is 0.975 bits per heavy atom. The topological polar surface area (TPSA) is 167 Å². The van der Waals surface area contributed by atoms with E-state index in [1.807, 2.05) is 30.6 Å². The van der Waals surface area contributed by atoms with Gasteiger partial charge < -0.3 is 10.5 Å². The highest BCUT2D eigenvalue weighted by molar-refractivity contribution is 6.11. The Morgan fingerprint density at radius 3 is 1.44 bits per heavy atom. The largest absolute Gasteiger partial charge is 0.416 e. The minimum Gasteiger partial charge on any atom is -0.399 e. The molecule has 2 aliphatic carbocycles. The lowest BCUT2D eigenvalue weighted by Gasteiger charge is -2.20. The van der Waals surface area contributed by atoms with E-state index in [9.17, 15) is 45.5 Å². The number of aromatic nitrogens is 4. The number of fused-ring (bicyclic) bond motifs is 2. The second kappa shape index (κ2) is 27.7. The fraction of sp³-hybridized carbons (Fsp3) is 0.312. The van der Waals surface area contributed by atoms with Crippen LogP contribution >= 0.6 is 0 Å². The maximum Gasteiger partial charge on any atom is 0.416 e. The van der Waals surface area contributed by atoms with Gasteiger partial charge in [0.15, 0.2) is 11.6 Å². The van der Waals surface area contributed by atoms with Crippen LogP contribution in [0.3, 0.4) is 0 Å². The molecule has 0 amide bonds. The van der Waals surface area contributed by atoms with Gasteiger partial charge in [0.2, 0.25) is 6.08 Å². The number of hydrogen-bond acceptors (Lipinski definition) is 11. The Kier molecular flexibility index (Phi) is 20.2. The Balaban J connectivity index is 0.000000170. The number of Topliss-reactive ketones (excluding diaryl/α,β-unsaturated/α-hetero) is 1. The Morgan fingerprint density at radius 1 is 0.519 bits per heavy atom. The van der Waals surface area contributed by atoms with E-state index in [-0.39, 0.29) is 35.9 Å². The average molecular weight is 1110 g/mol. The molecule has 418 valence electrons. The first kappa shape index (κ1) is 58.9. The summed E-state index contributed by atoms with van der Waals surface area (Å²) in [4.78, 5) is 69.9. The molecule has 17 heteroatoms. The molecule has 81 heavy (non-hydrogen) atoms. The smallest absolute Gasteiger partial charge is 0.399 e. The van der Waals surface area contributed by atoms with Gasteiger partial charge in [0.05, 0.1) is 50.3 Å². The van der Waals surface area contributed by atoms with Gasteiger partial charge in [-0.2, -0.15) is 31.3 Å². The number of carbonyl (C=O) groups excluding carboxylic acids is 4. The molecule has 3 heterocycles. The van der Waals surface area contributed by atoms with Crippen molar-refractivity contribution >= 4 is 56.9 Å². The van der Waals surface area contributed by atoms with Gasteiger partial charge in [-0.1, -0.05) is 87.1 Å². The molecule has 3 fully saturated rings. The van der Waals surface area contributed by atoms with Crippen LogP contribution in [0.2, 0.25) is 0 Å². The van der Waals surface area contributed by atoms with Crippen LogP contribution in [0.15, 0.2) is 151 Å². The molecule has 2 N–H and O–H groups in total. The summed E-state index contributed by atoms with van der Waals surface area (Å²) in [7, 11) is 0. The quantitative estimate of drug-likeness (QED) is 0.0433. The molecule has 8 aromatic rings. The van der Waals surface area contributed by atoms with Gasteiger partial charge in [0.1, 0.15) is 5.78 Å². The molecule has 11 nitrogen and oxygen atoms in total. The van der Waals surface area contributed by atoms with Crippen molar-refractivity contribution in [1.82, 2.24) is 19.9 Å². The second-order valence-electron chi connectivity index (χ2n) is 20.3. The molecule has 6 aromatic carbocycles. The van der Waals surface area contributed by atoms with E-state index in [1.54, 1.807) is 66.7 Å². The molecule has 0 atom stereocenters. The Bertz CT molecular complexity index is 3490. The minimum atomic E-state index is -4.45. The van der Waals surface area contributed by atoms with Crippen LogP contribution in [-0.2, 0) is 39.5 Å². The van der Waals surface area contributed by atoms with E-state index in [0.29, 0.717) is 56.4 Å². The molecule has 0 bridgehead atoms. The molecule has 2 saturated carbocycles. The average Bonchev–Trinajstić information content (AvgIpc) is 4.15. The van der Waals surface area contributed by atoms with Gasteiger partial charge in [-0.05, 0) is 135 Å². The van der Waals surface area contributed by atoms with Crippen LogP contribution in [-0.4, -0.2) is 56.6 Å². The number of rotatable bonds is 11. The van der Waals surface area contributed by atoms with Gasteiger partial charge in [-0.15, -0.1) is 0 Å². The summed E-state index contributed by atoms with van der Waals surface area (Å²) in [6.07, 6.45) is 10.7. The third kappa shape index (κ3) is 16.9. The van der Waals surface area contributed by atoms with Crippen molar-refractivity contribution in [1.29, 1.82) is 0 Å². The summed E-state index contributed by atoms with van der Waals surface area (Å²) >= 11 is 0. The summed E-state index contributed by atoms with van der Waals surface area (Å²) < 4.78 is 79.9. The summed E-state index contributed by atoms with van der Waals surface area (Å²) in [5.74, 6) is 0.543. The number of aliphatic imine (C=N–C) groups is 1. The van der Waals surface area contributed by atoms with Crippen LogP contribution in [0.1, 0.15) is 154 Å². The van der Waals surface area contributed by atoms with Crippen LogP contribution in [0.5, 0.6) is 0 Å². The van der Waals surface area contributed by atoms with Crippen LogP contribution in [0.4, 0.5) is 37.7 Å². The number of hydrogen-bond donors (Lipinski definition) is 1. The molecule has 2 aromatic heterocycles. The number of anilines is 1. The summed E-state index contributed by atoms with van der Waals surface area (Å²) in [5.41, 5.74) is 13.1. The van der Waals surface area contributed by atoms with Crippen LogP contribution in [0, 0.1) is 0 Å². The number of carbonyl (C=O) groups is 3. The number of benzene rings is 6. The minimum absolute atomic E-state index is 0.0215. The number of isocyanates is 1. The predicted octanol–water partition coefficient (Wildman–Crippen LogP) is 15.2. The summed E-state index contributed by atoms with van der Waals surface area (Å²) in [6, 6.07) is 33.6. The first-order valence-corrected chi connectivity index (χ1v) is 27.1. The number of ketones is 3. The number of ether oxygens (including phenoxy) is 1. The summed E-state index contributed by atoms with van der Waals surface area (Å²) in [5, 5.41) is 0. The Hall–Kier alpha value is -8.27. The highest BCUT2D eigenvalue weighted by atomic mass is 19.4. The SMILES string of the molecule is C1CCOC1.Nc1ccc(C(=O)c2ccc3ncc(C4CCCCC4)nc3c2)cc1.O=C(Cc1ccc(C(=O)c2ccc3ncc(C4CCCCC4)nc3c2)cc1)Cc1cccc(C(F)(F)F)c1.O=C=Nc1cccc(C(F)(F)F)c1. The first-order chi connectivity index (χ1) is 39.0. The number of alkyl halides is 6. The zero-order chi connectivity index (χ0) is 57.4. The molecule has 0 unspecified atom stereocenters. The standard InChI is InChI=1S/C31H27F3N2O2.C21H21N3O.C8H4F3NO.C4H8O/c32-31(33,34)25-8-4-5-21(15-25)17-26(37)16-20-9-11-23(12-10-20)30(38)24-13-14-27-28(18-24)36-29(19-35-27)22-6-2-1-3-7-22;22-17-9-6-15(7-10-17)21(25)16-8-11-18-19(12-16)24-20(13-23-18)14-4-2-1-3-5-14;9-8(10,11)6-2-1-3-7(4-6)12-5-13;1-2-4-5-3-1/h4-5,8-15,18-19,22H,1-3,6-7,16-17H2;6-14H,1-5,22H2;1-4H;1-4H2. The maximum absolute atomic E-state index is 13.2. The lowest BCUT2D eigenvalue weighted by molar-refractivity contribution is -0.138. The predicted molar refractivity (Wildman–Crippen MR) is 298 cm³/mol. The molecule has 0 radical (unpaired) electrons. The van der Waals surface area contributed by atoms with Crippen LogP contribution < -0.4 is 5.73 Å². The second-order valence-corrected chi connectivity index (χ2v) is 20.3. The number of halogens is 6. The Labute approximate surface area is 465 Å². The van der Waals surface area contributed by atoms with Crippen molar-refractivity contribution in [2.24, 2.45) is 4.99 Å². The first-order valence-electron chi connectivity index (χ1n) is 27.1. The molecule has 3 aliphatic rings. The third-order valence-electron chi connectivity index (χ3n) is 14.3. The van der Waals surface area contributed by atoms with Crippen molar-refractivity contribution in [3.63, 3.8) is 0 Å². The molecule has 11 rings (SSSR count). The van der Waals surface area contributed by atoms with E-state index in [0.717, 1.165) is 78.3 Å². The van der Waals surface area contributed by atoms with Crippen LogP contribution in [0.25, 0.3) is 22.1 Å². The lowest BCUT2D eigenvalue weighted by Crippen LogP contribution is -2.09. The highest BCUT2D eigenvalue weighted by Gasteiger charge is 2.31. The normalized spacial score (nSPS) is 14.7. The van der Waals surface area contributed by atoms with Crippen molar-refractivity contribution in [3.05, 3.63) is 202 Å². The molecular formula is C64H60F6N6O5. The zero-order valence-corrected chi connectivity index (χ0v) is 44.4. The molecule has 1 saturated heterocycles. The summed E-state index contributed by atoms with van der Waals surface area (Å²) in [6.45, 7) is 2.00. The number of nitrogens with two attached hydrogens (primary N) is 1. The monoisotopic (exact) mass is 1110 g/mol. The van der Waals surface area contributed by atoms with Gasteiger partial charge in [0, 0.05) is 78.2 Å². The van der Waals surface area contributed by atoms with Crippen molar-refractivity contribution in [3.8, 4) is 0 Å². The van der Waals surface area contributed by atoms with E-state index in [2.05, 4.69) is 15.0 Å². The number of nitrogens with zero attached hydrogens (tertiary/aromatic N) is 5. The van der Waals surface area contributed by atoms with Crippen molar-refractivity contribution in [2.45, 2.75) is 114 Å². The molecule has 1 aliphatic heterocycles. The number of nitrogen functional groups attached to an aromatic ring is 1. The highest BCUT2D eigenvalue weighted by Crippen LogP contribution is 2.35. The van der Waals surface area contributed by atoms with Gasteiger partial charge in [-0.3, -0.25) is 24.4 Å². The van der Waals surface area contributed by atoms with E-state index >= 15 is 0 Å². The van der Waals surface area contributed by atoms with E-state index < -0.39 is 23.5 Å². The fourth-order valence-electron chi connectivity index (χ4n) is 9.96. The van der Waals surface area contributed by atoms with E-state index in [1.165, 1.54) is 94.6 Å². The fourth-order valence-corrected chi connectivity index (χ4v) is 9.96.